The van der Waals surface area contributed by atoms with Gasteiger partial charge in [0.15, 0.2) is 0 Å². The minimum atomic E-state index is -0.410. The van der Waals surface area contributed by atoms with Crippen LogP contribution in [0.25, 0.3) is 99.2 Å². The van der Waals surface area contributed by atoms with Crippen molar-refractivity contribution in [3.63, 3.8) is 0 Å². The molecule has 3 heterocycles. The van der Waals surface area contributed by atoms with E-state index in [4.69, 9.17) is 9.97 Å². The minimum absolute atomic E-state index is 0.410. The first-order valence-electron chi connectivity index (χ1n) is 19.0. The van der Waals surface area contributed by atoms with Crippen LogP contribution < -0.4 is 0 Å². The normalized spacial score (nSPS) is 13.4. The third-order valence-electron chi connectivity index (χ3n) is 12.0. The summed E-state index contributed by atoms with van der Waals surface area (Å²) in [6.07, 6.45) is 0. The topological polar surface area (TPSA) is 35.6 Å². The van der Waals surface area contributed by atoms with E-state index in [0.717, 1.165) is 39.2 Å². The molecule has 0 radical (unpaired) electrons. The quantitative estimate of drug-likeness (QED) is 0.172. The molecule has 1 aliphatic rings. The van der Waals surface area contributed by atoms with E-state index in [1.807, 2.05) is 0 Å². The fourth-order valence-electron chi connectivity index (χ4n) is 9.73. The average molecular weight is 703 g/mol. The van der Waals surface area contributed by atoms with Crippen molar-refractivity contribution in [2.75, 3.05) is 0 Å². The molecular formula is C51H34N4. The molecule has 0 N–H and O–H groups in total. The van der Waals surface area contributed by atoms with E-state index in [1.54, 1.807) is 0 Å². The van der Waals surface area contributed by atoms with Gasteiger partial charge in [-0.05, 0) is 75.1 Å². The van der Waals surface area contributed by atoms with Gasteiger partial charge >= 0.3 is 0 Å². The number of rotatable bonds is 3. The predicted octanol–water partition coefficient (Wildman–Crippen LogP) is 13.0. The highest BCUT2D eigenvalue weighted by atomic mass is 15.2. The molecule has 0 spiro atoms. The minimum Gasteiger partial charge on any atom is -0.309 e. The summed E-state index contributed by atoms with van der Waals surface area (Å²) < 4.78 is 4.64. The van der Waals surface area contributed by atoms with Gasteiger partial charge < -0.3 is 4.57 Å². The van der Waals surface area contributed by atoms with Crippen molar-refractivity contribution in [1.82, 2.24) is 19.1 Å². The smallest absolute Gasteiger partial charge is 0.235 e. The lowest BCUT2D eigenvalue weighted by molar-refractivity contribution is 0.638. The van der Waals surface area contributed by atoms with Crippen LogP contribution in [0.3, 0.4) is 0 Å². The summed E-state index contributed by atoms with van der Waals surface area (Å²) in [4.78, 5) is 11.4. The van der Waals surface area contributed by atoms with Gasteiger partial charge in [-0.2, -0.15) is 0 Å². The van der Waals surface area contributed by atoms with Crippen molar-refractivity contribution in [1.29, 1.82) is 0 Å². The first-order valence-corrected chi connectivity index (χ1v) is 19.0. The van der Waals surface area contributed by atoms with Crippen LogP contribution in [0.2, 0.25) is 0 Å². The van der Waals surface area contributed by atoms with Crippen LogP contribution >= 0.6 is 0 Å². The molecule has 4 heteroatoms. The van der Waals surface area contributed by atoms with Crippen LogP contribution in [-0.4, -0.2) is 19.1 Å². The van der Waals surface area contributed by atoms with E-state index in [0.29, 0.717) is 5.95 Å². The van der Waals surface area contributed by atoms with Gasteiger partial charge in [0.2, 0.25) is 5.95 Å². The Hall–Kier alpha value is -7.04. The highest BCUT2D eigenvalue weighted by Crippen LogP contribution is 2.56. The molecule has 0 bridgehead atoms. The summed E-state index contributed by atoms with van der Waals surface area (Å²) in [6, 6.07) is 61.3. The summed E-state index contributed by atoms with van der Waals surface area (Å²) in [7, 11) is 0. The van der Waals surface area contributed by atoms with Crippen LogP contribution in [0.1, 0.15) is 25.1 Å². The number of para-hydroxylation sites is 4. The predicted molar refractivity (Wildman–Crippen MR) is 229 cm³/mol. The van der Waals surface area contributed by atoms with Crippen molar-refractivity contribution in [3.8, 4) is 34.0 Å². The fourth-order valence-corrected chi connectivity index (χ4v) is 9.73. The zero-order valence-corrected chi connectivity index (χ0v) is 30.5. The van der Waals surface area contributed by atoms with E-state index >= 15 is 0 Å². The third kappa shape index (κ3) is 4.06. The Bertz CT molecular complexity index is 3350. The SMILES string of the molecule is CC1(C)c2nc(-n3c4ccccc4c4ccccc43)nc(-c3ccc4c(c3)c3ccccc3n4-c3ccccc3)c2-c2c1c1ccccc1c1ccccc21. The molecule has 0 saturated carbocycles. The number of hydrogen-bond acceptors (Lipinski definition) is 2. The van der Waals surface area contributed by atoms with Gasteiger partial charge in [-0.25, -0.2) is 9.97 Å². The van der Waals surface area contributed by atoms with Crippen LogP contribution in [-0.2, 0) is 5.41 Å². The lowest BCUT2D eigenvalue weighted by atomic mass is 9.81. The monoisotopic (exact) mass is 702 g/mol. The zero-order chi connectivity index (χ0) is 36.4. The Balaban J connectivity index is 1.24. The maximum absolute atomic E-state index is 5.71. The van der Waals surface area contributed by atoms with Crippen LogP contribution in [0, 0.1) is 0 Å². The highest BCUT2D eigenvalue weighted by molar-refractivity contribution is 6.20. The maximum atomic E-state index is 5.71. The highest BCUT2D eigenvalue weighted by Gasteiger charge is 2.42. The molecule has 11 aromatic rings. The van der Waals surface area contributed by atoms with Gasteiger partial charge in [-0.3, -0.25) is 4.57 Å². The first-order chi connectivity index (χ1) is 27.1. The Kier molecular flexibility index (Phi) is 6.09. The van der Waals surface area contributed by atoms with Gasteiger partial charge in [-0.1, -0.05) is 141 Å². The summed E-state index contributed by atoms with van der Waals surface area (Å²) in [5.41, 5.74) is 12.0. The maximum Gasteiger partial charge on any atom is 0.235 e. The summed E-state index contributed by atoms with van der Waals surface area (Å²) >= 11 is 0. The van der Waals surface area contributed by atoms with Gasteiger partial charge in [-0.15, -0.1) is 0 Å². The lowest BCUT2D eigenvalue weighted by Crippen LogP contribution is -2.19. The largest absolute Gasteiger partial charge is 0.309 e. The second kappa shape index (κ2) is 11.0. The lowest BCUT2D eigenvalue weighted by Gasteiger charge is -2.23. The molecule has 8 aromatic carbocycles. The van der Waals surface area contributed by atoms with Crippen molar-refractivity contribution in [3.05, 3.63) is 181 Å². The molecule has 0 unspecified atom stereocenters. The Morgan fingerprint density at radius 1 is 0.400 bits per heavy atom. The second-order valence-corrected chi connectivity index (χ2v) is 15.4. The van der Waals surface area contributed by atoms with Crippen molar-refractivity contribution >= 4 is 65.2 Å². The molecule has 258 valence electrons. The molecule has 0 aliphatic heterocycles. The second-order valence-electron chi connectivity index (χ2n) is 15.4. The molecule has 0 saturated heterocycles. The standard InChI is InChI=1S/C51H34N4/c1-51(2)47-39-24-9-7-19-34(39)33-18-6-8-23-38(33)45(47)46-48(52-50(53-49(46)51)55-42-26-14-10-20-35(42)36-21-11-15-27-43(36)55)31-28-29-44-40(30-31)37-22-12-13-25-41(37)54(44)32-16-4-3-5-17-32/h3-30H,1-2H3. The van der Waals surface area contributed by atoms with Crippen LogP contribution in [0.15, 0.2) is 170 Å². The molecular weight excluding hydrogens is 669 g/mol. The summed E-state index contributed by atoms with van der Waals surface area (Å²) in [5, 5.41) is 9.82. The van der Waals surface area contributed by atoms with Gasteiger partial charge in [0.05, 0.1) is 33.5 Å². The van der Waals surface area contributed by atoms with Gasteiger partial charge in [0.1, 0.15) is 0 Å². The van der Waals surface area contributed by atoms with E-state index in [2.05, 4.69) is 193 Å². The zero-order valence-electron chi connectivity index (χ0n) is 30.5. The summed E-state index contributed by atoms with van der Waals surface area (Å²) in [5.74, 6) is 0.687. The number of nitrogens with zero attached hydrogens (tertiary/aromatic N) is 4. The van der Waals surface area contributed by atoms with Crippen molar-refractivity contribution in [2.45, 2.75) is 19.3 Å². The Labute approximate surface area is 317 Å². The van der Waals surface area contributed by atoms with Crippen LogP contribution in [0.4, 0.5) is 0 Å². The molecule has 0 amide bonds. The Morgan fingerprint density at radius 2 is 0.891 bits per heavy atom. The van der Waals surface area contributed by atoms with E-state index in [-0.39, 0.29) is 0 Å². The first kappa shape index (κ1) is 30.4. The molecule has 4 nitrogen and oxygen atoms in total. The average Bonchev–Trinajstić information content (AvgIpc) is 3.84. The van der Waals surface area contributed by atoms with Crippen LogP contribution in [0.5, 0.6) is 0 Å². The third-order valence-corrected chi connectivity index (χ3v) is 12.0. The molecule has 0 atom stereocenters. The molecule has 0 fully saturated rings. The summed E-state index contributed by atoms with van der Waals surface area (Å²) in [6.45, 7) is 4.70. The molecule has 12 rings (SSSR count). The molecule has 1 aliphatic carbocycles. The molecule has 55 heavy (non-hydrogen) atoms. The number of benzene rings is 8. The number of fused-ring (bicyclic) bond motifs is 14. The van der Waals surface area contributed by atoms with Gasteiger partial charge in [0.25, 0.3) is 0 Å². The molecule has 3 aromatic heterocycles. The van der Waals surface area contributed by atoms with E-state index in [1.165, 1.54) is 65.3 Å². The fraction of sp³-hybridized carbons (Fsp3) is 0.0588. The number of aromatic nitrogens is 4. The van der Waals surface area contributed by atoms with Crippen molar-refractivity contribution < 1.29 is 0 Å². The number of hydrogen-bond donors (Lipinski definition) is 0. The van der Waals surface area contributed by atoms with Gasteiger partial charge in [0, 0.05) is 43.8 Å². The Morgan fingerprint density at radius 3 is 1.55 bits per heavy atom. The van der Waals surface area contributed by atoms with E-state index in [9.17, 15) is 0 Å². The van der Waals surface area contributed by atoms with Crippen molar-refractivity contribution in [2.24, 2.45) is 0 Å². The van der Waals surface area contributed by atoms with E-state index < -0.39 is 5.41 Å².